The van der Waals surface area contributed by atoms with Crippen LogP contribution in [-0.4, -0.2) is 19.3 Å². The van der Waals surface area contributed by atoms with Gasteiger partial charge in [0, 0.05) is 17.0 Å². The molecule has 0 saturated carbocycles. The number of sulfonamides is 1. The molecular formula is C25H24ClNO2S. The number of rotatable bonds is 5. The Morgan fingerprint density at radius 1 is 0.933 bits per heavy atom. The van der Waals surface area contributed by atoms with Crippen LogP contribution in [0.5, 0.6) is 0 Å². The Labute approximate surface area is 183 Å². The van der Waals surface area contributed by atoms with Crippen LogP contribution in [0.15, 0.2) is 89.8 Å². The van der Waals surface area contributed by atoms with Gasteiger partial charge in [-0.05, 0) is 48.7 Å². The molecule has 0 bridgehead atoms. The van der Waals surface area contributed by atoms with Crippen molar-refractivity contribution >= 4 is 27.3 Å². The summed E-state index contributed by atoms with van der Waals surface area (Å²) >= 11 is 6.03. The van der Waals surface area contributed by atoms with E-state index in [0.29, 0.717) is 16.5 Å². The summed E-state index contributed by atoms with van der Waals surface area (Å²) in [5.74, 6) is 0. The Kier molecular flexibility index (Phi) is 5.48. The lowest BCUT2D eigenvalue weighted by molar-refractivity contribution is 0.378. The van der Waals surface area contributed by atoms with Crippen molar-refractivity contribution in [3.05, 3.63) is 107 Å². The fraction of sp³-hybridized carbons (Fsp3) is 0.200. The van der Waals surface area contributed by atoms with Crippen molar-refractivity contribution in [3.8, 4) is 0 Å². The van der Waals surface area contributed by atoms with Crippen molar-refractivity contribution in [3.63, 3.8) is 0 Å². The van der Waals surface area contributed by atoms with Crippen molar-refractivity contribution in [2.24, 2.45) is 5.41 Å². The fourth-order valence-electron chi connectivity index (χ4n) is 3.92. The summed E-state index contributed by atoms with van der Waals surface area (Å²) in [4.78, 5) is 0.311. The first-order chi connectivity index (χ1) is 14.3. The Morgan fingerprint density at radius 2 is 1.57 bits per heavy atom. The predicted molar refractivity (Wildman–Crippen MR) is 123 cm³/mol. The van der Waals surface area contributed by atoms with Gasteiger partial charge < -0.3 is 0 Å². The number of hydrogen-bond donors (Lipinski definition) is 0. The van der Waals surface area contributed by atoms with Gasteiger partial charge in [-0.2, -0.15) is 0 Å². The van der Waals surface area contributed by atoms with E-state index in [1.54, 1.807) is 16.4 Å². The van der Waals surface area contributed by atoms with E-state index < -0.39 is 10.0 Å². The highest BCUT2D eigenvalue weighted by Crippen LogP contribution is 2.42. The molecule has 3 aromatic rings. The quantitative estimate of drug-likeness (QED) is 0.495. The van der Waals surface area contributed by atoms with E-state index in [4.69, 9.17) is 11.6 Å². The lowest BCUT2D eigenvalue weighted by Gasteiger charge is -2.27. The third kappa shape index (κ3) is 4.16. The van der Waals surface area contributed by atoms with E-state index >= 15 is 0 Å². The number of benzene rings is 3. The van der Waals surface area contributed by atoms with Gasteiger partial charge in [0.05, 0.1) is 10.6 Å². The lowest BCUT2D eigenvalue weighted by Crippen LogP contribution is -2.33. The molecule has 1 atom stereocenters. The molecule has 1 aliphatic rings. The summed E-state index contributed by atoms with van der Waals surface area (Å²) in [6.45, 7) is 4.44. The van der Waals surface area contributed by atoms with Crippen LogP contribution in [0.4, 0.5) is 0 Å². The van der Waals surface area contributed by atoms with E-state index in [9.17, 15) is 8.42 Å². The molecule has 3 nitrogen and oxygen atoms in total. The van der Waals surface area contributed by atoms with E-state index in [0.717, 1.165) is 28.8 Å². The average Bonchev–Trinajstić information content (AvgIpc) is 3.09. The first-order valence-corrected chi connectivity index (χ1v) is 11.7. The maximum atomic E-state index is 13.6. The molecule has 1 aliphatic heterocycles. The molecule has 0 aromatic heterocycles. The summed E-state index contributed by atoms with van der Waals surface area (Å²) in [5, 5.41) is 0.694. The average molecular weight is 438 g/mol. The molecule has 0 spiro atoms. The lowest BCUT2D eigenvalue weighted by atomic mass is 9.84. The van der Waals surface area contributed by atoms with Crippen LogP contribution in [0.1, 0.15) is 23.6 Å². The fourth-order valence-corrected chi connectivity index (χ4v) is 5.67. The summed E-state index contributed by atoms with van der Waals surface area (Å²) in [7, 11) is -3.68. The van der Waals surface area contributed by atoms with Crippen molar-refractivity contribution in [1.29, 1.82) is 0 Å². The maximum absolute atomic E-state index is 13.6. The number of nitrogens with zero attached hydrogens (tertiary/aromatic N) is 1. The molecule has 4 rings (SSSR count). The van der Waals surface area contributed by atoms with Crippen LogP contribution >= 0.6 is 11.6 Å². The Balaban J connectivity index is 1.75. The Hall–Kier alpha value is -2.56. The van der Waals surface area contributed by atoms with Crippen LogP contribution in [0, 0.1) is 12.3 Å². The second-order valence-electron chi connectivity index (χ2n) is 8.18. The van der Waals surface area contributed by atoms with Crippen LogP contribution in [0.2, 0.25) is 5.02 Å². The Bertz CT molecular complexity index is 1170. The molecule has 30 heavy (non-hydrogen) atoms. The second-order valence-corrected chi connectivity index (χ2v) is 10.5. The second kappa shape index (κ2) is 7.93. The van der Waals surface area contributed by atoms with Crippen LogP contribution < -0.4 is 0 Å². The van der Waals surface area contributed by atoms with Crippen molar-refractivity contribution < 1.29 is 8.42 Å². The SMILES string of the molecule is Cc1ccc(S(=O)(=O)N2CC(C)(Cc3ccc(Cl)cc3)C=C2c2ccccc2)cc1. The van der Waals surface area contributed by atoms with E-state index in [-0.39, 0.29) is 5.41 Å². The molecule has 0 radical (unpaired) electrons. The molecule has 0 aliphatic carbocycles. The predicted octanol–water partition coefficient (Wildman–Crippen LogP) is 5.94. The van der Waals surface area contributed by atoms with Gasteiger partial charge in [0.15, 0.2) is 0 Å². The smallest absolute Gasteiger partial charge is 0.264 e. The molecule has 5 heteroatoms. The molecule has 1 unspecified atom stereocenters. The van der Waals surface area contributed by atoms with Gasteiger partial charge >= 0.3 is 0 Å². The zero-order valence-electron chi connectivity index (χ0n) is 17.0. The highest BCUT2D eigenvalue weighted by molar-refractivity contribution is 7.89. The van der Waals surface area contributed by atoms with Crippen molar-refractivity contribution in [1.82, 2.24) is 4.31 Å². The molecule has 3 aromatic carbocycles. The monoisotopic (exact) mass is 437 g/mol. The summed E-state index contributed by atoms with van der Waals surface area (Å²) < 4.78 is 28.7. The third-order valence-corrected chi connectivity index (χ3v) is 7.48. The zero-order chi connectivity index (χ0) is 21.4. The molecule has 1 heterocycles. The molecule has 0 N–H and O–H groups in total. The first-order valence-electron chi connectivity index (χ1n) is 9.89. The molecular weight excluding hydrogens is 414 g/mol. The van der Waals surface area contributed by atoms with Crippen LogP contribution in [0.3, 0.4) is 0 Å². The van der Waals surface area contributed by atoms with Gasteiger partial charge in [-0.25, -0.2) is 8.42 Å². The highest BCUT2D eigenvalue weighted by Gasteiger charge is 2.40. The van der Waals surface area contributed by atoms with E-state index in [2.05, 4.69) is 13.0 Å². The zero-order valence-corrected chi connectivity index (χ0v) is 18.6. The standard InChI is InChI=1S/C25H24ClNO2S/c1-19-8-14-23(15-9-19)30(28,29)27-18-25(2,16-20-10-12-22(26)13-11-20)17-24(27)21-6-4-3-5-7-21/h3-15,17H,16,18H2,1-2H3. The minimum absolute atomic E-state index is 0.311. The topological polar surface area (TPSA) is 37.4 Å². The summed E-state index contributed by atoms with van der Waals surface area (Å²) in [6, 6.07) is 24.5. The van der Waals surface area contributed by atoms with Gasteiger partial charge in [0.2, 0.25) is 0 Å². The van der Waals surface area contributed by atoms with E-state index in [1.165, 1.54) is 0 Å². The summed E-state index contributed by atoms with van der Waals surface area (Å²) in [5.41, 5.74) is 3.44. The van der Waals surface area contributed by atoms with Gasteiger partial charge in [-0.1, -0.05) is 84.8 Å². The molecule has 0 amide bonds. The maximum Gasteiger partial charge on any atom is 0.264 e. The normalized spacial score (nSPS) is 19.0. The number of aryl methyl sites for hydroxylation is 1. The molecule has 154 valence electrons. The van der Waals surface area contributed by atoms with Gasteiger partial charge in [0.25, 0.3) is 10.0 Å². The van der Waals surface area contributed by atoms with Gasteiger partial charge in [-0.3, -0.25) is 4.31 Å². The van der Waals surface area contributed by atoms with Gasteiger partial charge in [-0.15, -0.1) is 0 Å². The number of hydrogen-bond acceptors (Lipinski definition) is 2. The van der Waals surface area contributed by atoms with Crippen molar-refractivity contribution in [2.75, 3.05) is 6.54 Å². The molecule has 0 fully saturated rings. The largest absolute Gasteiger partial charge is 0.265 e. The third-order valence-electron chi connectivity index (χ3n) is 5.46. The van der Waals surface area contributed by atoms with E-state index in [1.807, 2.05) is 73.7 Å². The van der Waals surface area contributed by atoms with Crippen LogP contribution in [0.25, 0.3) is 5.70 Å². The first kappa shape index (κ1) is 20.7. The minimum atomic E-state index is -3.68. The van der Waals surface area contributed by atoms with Crippen LogP contribution in [-0.2, 0) is 16.4 Å². The minimum Gasteiger partial charge on any atom is -0.265 e. The van der Waals surface area contributed by atoms with Crippen molar-refractivity contribution in [2.45, 2.75) is 25.2 Å². The molecule has 0 saturated heterocycles. The van der Waals surface area contributed by atoms with Gasteiger partial charge in [0.1, 0.15) is 0 Å². The summed E-state index contributed by atoms with van der Waals surface area (Å²) in [6.07, 6.45) is 2.82. The Morgan fingerprint density at radius 3 is 2.20 bits per heavy atom. The number of halogens is 1. The highest BCUT2D eigenvalue weighted by atomic mass is 35.5.